The normalized spacial score (nSPS) is 29.7. The highest BCUT2D eigenvalue weighted by Crippen LogP contribution is 2.60. The summed E-state index contributed by atoms with van der Waals surface area (Å²) in [4.78, 5) is 7.36. The highest BCUT2D eigenvalue weighted by molar-refractivity contribution is 9.10. The van der Waals surface area contributed by atoms with Crippen LogP contribution in [0.1, 0.15) is 50.2 Å². The Morgan fingerprint density at radius 3 is 2.96 bits per heavy atom. The molecule has 0 N–H and O–H groups in total. The lowest BCUT2D eigenvalue weighted by Gasteiger charge is -2.52. The van der Waals surface area contributed by atoms with Crippen molar-refractivity contribution < 1.29 is 0 Å². The smallest absolute Gasteiger partial charge is 0.136 e. The molecule has 1 aromatic heterocycles. The molecule has 0 saturated heterocycles. The van der Waals surface area contributed by atoms with Gasteiger partial charge in [0.15, 0.2) is 0 Å². The minimum atomic E-state index is 0.220. The first-order valence-corrected chi connectivity index (χ1v) is 9.42. The summed E-state index contributed by atoms with van der Waals surface area (Å²) < 4.78 is 1.15. The van der Waals surface area contributed by atoms with Gasteiger partial charge < -0.3 is 4.90 Å². The van der Waals surface area contributed by atoms with Gasteiger partial charge in [-0.15, -0.1) is 0 Å². The zero-order valence-corrected chi connectivity index (χ0v) is 15.2. The molecule has 1 aromatic carbocycles. The lowest BCUT2D eigenvalue weighted by atomic mass is 9.60. The summed E-state index contributed by atoms with van der Waals surface area (Å²) >= 11 is 3.68. The summed E-state index contributed by atoms with van der Waals surface area (Å²) in [7, 11) is 0. The zero-order valence-electron chi connectivity index (χ0n) is 13.6. The molecule has 3 unspecified atom stereocenters. The lowest BCUT2D eigenvalue weighted by Crippen LogP contribution is -2.52. The van der Waals surface area contributed by atoms with E-state index in [1.807, 2.05) is 6.20 Å². The average Bonchev–Trinajstić information content (AvgIpc) is 2.88. The topological polar surface area (TPSA) is 16.1 Å². The van der Waals surface area contributed by atoms with Crippen LogP contribution >= 0.6 is 15.9 Å². The molecule has 0 spiro atoms. The summed E-state index contributed by atoms with van der Waals surface area (Å²) in [6, 6.07) is 11.8. The Labute approximate surface area is 146 Å². The van der Waals surface area contributed by atoms with E-state index in [0.29, 0.717) is 17.9 Å². The van der Waals surface area contributed by atoms with Crippen LogP contribution < -0.4 is 4.90 Å². The molecule has 2 nitrogen and oxygen atoms in total. The van der Waals surface area contributed by atoms with Gasteiger partial charge in [-0.2, -0.15) is 0 Å². The fourth-order valence-corrected chi connectivity index (χ4v) is 5.78. The van der Waals surface area contributed by atoms with Gasteiger partial charge in [-0.05, 0) is 47.9 Å². The summed E-state index contributed by atoms with van der Waals surface area (Å²) in [5.41, 5.74) is 4.51. The monoisotopic (exact) mass is 368 g/mol. The maximum Gasteiger partial charge on any atom is 0.136 e. The number of fused-ring (bicyclic) bond motifs is 5. The zero-order chi connectivity index (χ0) is 15.8. The van der Waals surface area contributed by atoms with E-state index in [1.54, 1.807) is 0 Å². The molecule has 0 amide bonds. The first kappa shape index (κ1) is 14.0. The number of aromatic nitrogens is 1. The van der Waals surface area contributed by atoms with Crippen LogP contribution in [0.25, 0.3) is 0 Å². The second-order valence-electron chi connectivity index (χ2n) is 7.80. The van der Waals surface area contributed by atoms with Gasteiger partial charge >= 0.3 is 0 Å². The van der Waals surface area contributed by atoms with Crippen molar-refractivity contribution in [1.29, 1.82) is 0 Å². The van der Waals surface area contributed by atoms with Crippen molar-refractivity contribution in [2.24, 2.45) is 5.92 Å². The number of anilines is 2. The second kappa shape index (κ2) is 4.60. The first-order chi connectivity index (χ1) is 11.1. The van der Waals surface area contributed by atoms with Crippen LogP contribution in [0.5, 0.6) is 0 Å². The van der Waals surface area contributed by atoms with Gasteiger partial charge in [0, 0.05) is 33.9 Å². The molecule has 1 saturated carbocycles. The van der Waals surface area contributed by atoms with Crippen molar-refractivity contribution in [2.45, 2.75) is 50.5 Å². The van der Waals surface area contributed by atoms with Crippen LogP contribution in [0.3, 0.4) is 0 Å². The number of benzene rings is 1. The molecule has 1 fully saturated rings. The molecule has 0 radical (unpaired) electrons. The highest BCUT2D eigenvalue weighted by Gasteiger charge is 2.55. The number of nitrogens with zero attached hydrogens (tertiary/aromatic N) is 2. The van der Waals surface area contributed by atoms with Crippen LogP contribution in [0, 0.1) is 5.92 Å². The molecule has 3 atom stereocenters. The van der Waals surface area contributed by atoms with Crippen molar-refractivity contribution in [3.8, 4) is 0 Å². The summed E-state index contributed by atoms with van der Waals surface area (Å²) in [6.45, 7) is 4.89. The minimum Gasteiger partial charge on any atom is -0.322 e. The van der Waals surface area contributed by atoms with Gasteiger partial charge in [0.2, 0.25) is 0 Å². The van der Waals surface area contributed by atoms with E-state index in [0.717, 1.165) is 4.47 Å². The first-order valence-electron chi connectivity index (χ1n) is 8.63. The summed E-state index contributed by atoms with van der Waals surface area (Å²) in [5.74, 6) is 2.54. The fraction of sp³-hybridized carbons (Fsp3) is 0.450. The van der Waals surface area contributed by atoms with Crippen molar-refractivity contribution in [1.82, 2.24) is 4.98 Å². The van der Waals surface area contributed by atoms with E-state index < -0.39 is 0 Å². The third-order valence-electron chi connectivity index (χ3n) is 6.44. The molecule has 3 heteroatoms. The van der Waals surface area contributed by atoms with E-state index in [2.05, 4.69) is 65.0 Å². The molecule has 118 valence electrons. The molecule has 3 heterocycles. The molecular formula is C20H21BrN2. The third-order valence-corrected chi connectivity index (χ3v) is 6.93. The maximum absolute atomic E-state index is 4.79. The van der Waals surface area contributed by atoms with Gasteiger partial charge in [0.25, 0.3) is 0 Å². The molecule has 2 aromatic rings. The number of pyridine rings is 1. The van der Waals surface area contributed by atoms with E-state index in [-0.39, 0.29) is 5.41 Å². The SMILES string of the molecule is CC1(C)c2ccc(Br)cc2N2c3ncccc3C3CCCC1C32. The number of rotatable bonds is 0. The maximum atomic E-state index is 4.79. The van der Waals surface area contributed by atoms with Crippen LogP contribution in [0.15, 0.2) is 41.0 Å². The Morgan fingerprint density at radius 1 is 1.22 bits per heavy atom. The van der Waals surface area contributed by atoms with Crippen molar-refractivity contribution in [2.75, 3.05) is 4.90 Å². The highest BCUT2D eigenvalue weighted by atomic mass is 79.9. The minimum absolute atomic E-state index is 0.220. The lowest BCUT2D eigenvalue weighted by molar-refractivity contribution is 0.179. The van der Waals surface area contributed by atoms with Crippen LogP contribution in [-0.4, -0.2) is 11.0 Å². The summed E-state index contributed by atoms with van der Waals surface area (Å²) in [6.07, 6.45) is 5.91. The van der Waals surface area contributed by atoms with Gasteiger partial charge in [0.1, 0.15) is 5.82 Å². The van der Waals surface area contributed by atoms with Crippen LogP contribution in [0.2, 0.25) is 0 Å². The fourth-order valence-electron chi connectivity index (χ4n) is 5.43. The molecule has 2 aliphatic heterocycles. The number of hydrogen-bond acceptors (Lipinski definition) is 2. The van der Waals surface area contributed by atoms with E-state index in [1.165, 1.54) is 41.9 Å². The Morgan fingerprint density at radius 2 is 2.09 bits per heavy atom. The van der Waals surface area contributed by atoms with E-state index in [9.17, 15) is 0 Å². The standard InChI is InChI=1S/C20H21BrN2/c1-20(2)15-9-8-12(21)11-17(15)23-18-13(5-3-7-16(18)20)14-6-4-10-22-19(14)23/h4,6,8-11,13,16,18H,3,5,7H2,1-2H3. The molecule has 5 rings (SSSR count). The predicted molar refractivity (Wildman–Crippen MR) is 97.4 cm³/mol. The van der Waals surface area contributed by atoms with Crippen LogP contribution in [0.4, 0.5) is 11.5 Å². The Balaban J connectivity index is 1.83. The average molecular weight is 369 g/mol. The van der Waals surface area contributed by atoms with E-state index >= 15 is 0 Å². The summed E-state index contributed by atoms with van der Waals surface area (Å²) in [5, 5.41) is 0. The Bertz CT molecular complexity index is 798. The molecule has 23 heavy (non-hydrogen) atoms. The van der Waals surface area contributed by atoms with Crippen molar-refractivity contribution >= 4 is 27.4 Å². The Kier molecular flexibility index (Phi) is 2.80. The Hall–Kier alpha value is -1.35. The van der Waals surface area contributed by atoms with Crippen molar-refractivity contribution in [3.05, 3.63) is 52.1 Å². The molecular weight excluding hydrogens is 348 g/mol. The van der Waals surface area contributed by atoms with Gasteiger partial charge in [0.05, 0.1) is 0 Å². The third kappa shape index (κ3) is 1.72. The second-order valence-corrected chi connectivity index (χ2v) is 8.72. The number of halogens is 1. The molecule has 1 aliphatic carbocycles. The van der Waals surface area contributed by atoms with E-state index in [4.69, 9.17) is 4.98 Å². The van der Waals surface area contributed by atoms with Crippen LogP contribution in [-0.2, 0) is 5.41 Å². The largest absolute Gasteiger partial charge is 0.322 e. The van der Waals surface area contributed by atoms with Gasteiger partial charge in [-0.25, -0.2) is 4.98 Å². The van der Waals surface area contributed by atoms with Gasteiger partial charge in [-0.1, -0.05) is 48.3 Å². The quantitative estimate of drug-likeness (QED) is 0.606. The predicted octanol–water partition coefficient (Wildman–Crippen LogP) is 5.54. The molecule has 3 aliphatic rings. The van der Waals surface area contributed by atoms with Crippen molar-refractivity contribution in [3.63, 3.8) is 0 Å². The number of hydrogen-bond donors (Lipinski definition) is 0. The van der Waals surface area contributed by atoms with Gasteiger partial charge in [-0.3, -0.25) is 0 Å². The molecule has 0 bridgehead atoms.